The Kier molecular flexibility index (Phi) is 4.88. The molecule has 0 unspecified atom stereocenters. The number of amides is 1. The molecule has 5 heteroatoms. The number of fused-ring (bicyclic) bond motifs is 1. The summed E-state index contributed by atoms with van der Waals surface area (Å²) in [6.07, 6.45) is 0.708. The minimum absolute atomic E-state index is 0.176. The van der Waals surface area contributed by atoms with Crippen molar-refractivity contribution in [3.8, 4) is 5.75 Å². The molecule has 2 aromatic carbocycles. The highest BCUT2D eigenvalue weighted by Gasteiger charge is 2.11. The van der Waals surface area contributed by atoms with Gasteiger partial charge >= 0.3 is 0 Å². The molecular formula is C18H16FNO2S. The first kappa shape index (κ1) is 15.5. The molecule has 118 valence electrons. The zero-order valence-corrected chi connectivity index (χ0v) is 13.2. The van der Waals surface area contributed by atoms with Gasteiger partial charge in [-0.25, -0.2) is 4.39 Å². The van der Waals surface area contributed by atoms with Crippen LogP contribution in [0.5, 0.6) is 5.75 Å². The van der Waals surface area contributed by atoms with Crippen LogP contribution in [0.25, 0.3) is 10.1 Å². The van der Waals surface area contributed by atoms with Crippen molar-refractivity contribution in [1.82, 2.24) is 5.32 Å². The highest BCUT2D eigenvalue weighted by Crippen LogP contribution is 2.27. The molecule has 0 aliphatic carbocycles. The van der Waals surface area contributed by atoms with Crippen molar-refractivity contribution in [2.45, 2.75) is 6.42 Å². The Morgan fingerprint density at radius 2 is 1.96 bits per heavy atom. The third-order valence-electron chi connectivity index (χ3n) is 3.35. The Morgan fingerprint density at radius 1 is 1.13 bits per heavy atom. The van der Waals surface area contributed by atoms with Crippen LogP contribution in [0.4, 0.5) is 4.39 Å². The lowest BCUT2D eigenvalue weighted by Crippen LogP contribution is -2.24. The minimum atomic E-state index is -0.297. The molecule has 0 radical (unpaired) electrons. The van der Waals surface area contributed by atoms with E-state index in [2.05, 4.69) is 5.32 Å². The molecular weight excluding hydrogens is 313 g/mol. The van der Waals surface area contributed by atoms with E-state index in [1.165, 1.54) is 17.4 Å². The van der Waals surface area contributed by atoms with Crippen LogP contribution in [-0.4, -0.2) is 19.1 Å². The van der Waals surface area contributed by atoms with E-state index in [0.717, 1.165) is 10.4 Å². The summed E-state index contributed by atoms with van der Waals surface area (Å²) >= 11 is 1.30. The first-order valence-electron chi connectivity index (χ1n) is 7.38. The van der Waals surface area contributed by atoms with Gasteiger partial charge in [0.25, 0.3) is 5.91 Å². The van der Waals surface area contributed by atoms with Gasteiger partial charge in [0, 0.05) is 16.6 Å². The minimum Gasteiger partial charge on any atom is -0.494 e. The maximum atomic E-state index is 13.6. The molecule has 1 aromatic heterocycles. The standard InChI is InChI=1S/C18H16FNO2S/c19-15-8-4-9-16-14(15)12-17(23-16)18(21)20-10-5-11-22-13-6-2-1-3-7-13/h1-4,6-9,12H,5,10-11H2,(H,20,21). The second kappa shape index (κ2) is 7.24. The molecule has 23 heavy (non-hydrogen) atoms. The summed E-state index contributed by atoms with van der Waals surface area (Å²) in [6.45, 7) is 1.05. The first-order valence-corrected chi connectivity index (χ1v) is 8.20. The second-order valence-electron chi connectivity index (χ2n) is 5.03. The molecule has 0 atom stereocenters. The van der Waals surface area contributed by atoms with Gasteiger partial charge in [0.2, 0.25) is 0 Å². The zero-order chi connectivity index (χ0) is 16.1. The number of hydrogen-bond donors (Lipinski definition) is 1. The predicted molar refractivity (Wildman–Crippen MR) is 90.7 cm³/mol. The molecule has 0 aliphatic rings. The summed E-state index contributed by atoms with van der Waals surface area (Å²) in [5.41, 5.74) is 0. The van der Waals surface area contributed by atoms with Crippen molar-refractivity contribution in [2.24, 2.45) is 0 Å². The Morgan fingerprint density at radius 3 is 2.74 bits per heavy atom. The van der Waals surface area contributed by atoms with Gasteiger partial charge in [-0.05, 0) is 36.8 Å². The zero-order valence-electron chi connectivity index (χ0n) is 12.4. The topological polar surface area (TPSA) is 38.3 Å². The molecule has 3 nitrogen and oxygen atoms in total. The molecule has 1 amide bonds. The van der Waals surface area contributed by atoms with Gasteiger partial charge in [-0.3, -0.25) is 4.79 Å². The van der Waals surface area contributed by atoms with Gasteiger partial charge < -0.3 is 10.1 Å². The monoisotopic (exact) mass is 329 g/mol. The summed E-state index contributed by atoms with van der Waals surface area (Å²) < 4.78 is 20.0. The molecule has 3 rings (SSSR count). The van der Waals surface area contributed by atoms with Crippen LogP contribution in [0, 0.1) is 5.82 Å². The van der Waals surface area contributed by atoms with Crippen LogP contribution in [0.15, 0.2) is 54.6 Å². The van der Waals surface area contributed by atoms with E-state index in [-0.39, 0.29) is 11.7 Å². The van der Waals surface area contributed by atoms with Gasteiger partial charge in [0.15, 0.2) is 0 Å². The molecule has 0 bridgehead atoms. The molecule has 0 aliphatic heterocycles. The molecule has 1 heterocycles. The SMILES string of the molecule is O=C(NCCCOc1ccccc1)c1cc2c(F)cccc2s1. The Labute approximate surface area is 137 Å². The van der Waals surface area contributed by atoms with Crippen LogP contribution in [-0.2, 0) is 0 Å². The van der Waals surface area contributed by atoms with Gasteiger partial charge in [0.1, 0.15) is 11.6 Å². The van der Waals surface area contributed by atoms with Crippen LogP contribution in [0.3, 0.4) is 0 Å². The summed E-state index contributed by atoms with van der Waals surface area (Å²) in [5.74, 6) is 0.346. The van der Waals surface area contributed by atoms with Crippen LogP contribution >= 0.6 is 11.3 Å². The largest absolute Gasteiger partial charge is 0.494 e. The number of benzene rings is 2. The van der Waals surface area contributed by atoms with Crippen LogP contribution < -0.4 is 10.1 Å². The third kappa shape index (κ3) is 3.87. The molecule has 3 aromatic rings. The van der Waals surface area contributed by atoms with E-state index in [9.17, 15) is 9.18 Å². The highest BCUT2D eigenvalue weighted by molar-refractivity contribution is 7.20. The fraction of sp³-hybridized carbons (Fsp3) is 0.167. The summed E-state index contributed by atoms with van der Waals surface area (Å²) in [6, 6.07) is 16.0. The van der Waals surface area contributed by atoms with Gasteiger partial charge in [-0.15, -0.1) is 11.3 Å². The predicted octanol–water partition coefficient (Wildman–Crippen LogP) is 4.24. The normalized spacial score (nSPS) is 10.7. The van der Waals surface area contributed by atoms with E-state index in [4.69, 9.17) is 4.74 Å². The number of ether oxygens (including phenoxy) is 1. The number of para-hydroxylation sites is 1. The molecule has 0 spiro atoms. The first-order chi connectivity index (χ1) is 11.2. The fourth-order valence-electron chi connectivity index (χ4n) is 2.21. The van der Waals surface area contributed by atoms with Crippen molar-refractivity contribution < 1.29 is 13.9 Å². The van der Waals surface area contributed by atoms with Crippen molar-refractivity contribution in [2.75, 3.05) is 13.2 Å². The number of nitrogens with one attached hydrogen (secondary N) is 1. The smallest absolute Gasteiger partial charge is 0.261 e. The number of thiophene rings is 1. The molecule has 0 saturated heterocycles. The number of carbonyl (C=O) groups excluding carboxylic acids is 1. The van der Waals surface area contributed by atoms with E-state index >= 15 is 0 Å². The Balaban J connectivity index is 1.48. The third-order valence-corrected chi connectivity index (χ3v) is 4.45. The number of rotatable bonds is 6. The Hall–Kier alpha value is -2.40. The van der Waals surface area contributed by atoms with Crippen molar-refractivity contribution >= 4 is 27.3 Å². The molecule has 0 fully saturated rings. The van der Waals surface area contributed by atoms with E-state index in [0.29, 0.717) is 29.8 Å². The number of hydrogen-bond acceptors (Lipinski definition) is 3. The number of halogens is 1. The van der Waals surface area contributed by atoms with Crippen LogP contribution in [0.1, 0.15) is 16.1 Å². The second-order valence-corrected chi connectivity index (χ2v) is 6.12. The van der Waals surface area contributed by atoms with E-state index in [1.807, 2.05) is 36.4 Å². The van der Waals surface area contributed by atoms with Crippen molar-refractivity contribution in [1.29, 1.82) is 0 Å². The lowest BCUT2D eigenvalue weighted by atomic mass is 10.2. The summed E-state index contributed by atoms with van der Waals surface area (Å²) in [7, 11) is 0. The van der Waals surface area contributed by atoms with Gasteiger partial charge in [-0.1, -0.05) is 24.3 Å². The highest BCUT2D eigenvalue weighted by atomic mass is 32.1. The maximum Gasteiger partial charge on any atom is 0.261 e. The van der Waals surface area contributed by atoms with E-state index < -0.39 is 0 Å². The summed E-state index contributed by atoms with van der Waals surface area (Å²) in [5, 5.41) is 3.33. The van der Waals surface area contributed by atoms with Gasteiger partial charge in [-0.2, -0.15) is 0 Å². The lowest BCUT2D eigenvalue weighted by Gasteiger charge is -2.06. The van der Waals surface area contributed by atoms with Crippen LogP contribution in [0.2, 0.25) is 0 Å². The lowest BCUT2D eigenvalue weighted by molar-refractivity contribution is 0.0955. The number of carbonyl (C=O) groups is 1. The fourth-order valence-corrected chi connectivity index (χ4v) is 3.20. The molecule has 0 saturated carbocycles. The van der Waals surface area contributed by atoms with Gasteiger partial charge in [0.05, 0.1) is 11.5 Å². The molecule has 1 N–H and O–H groups in total. The Bertz CT molecular complexity index is 801. The average Bonchev–Trinajstić information content (AvgIpc) is 3.01. The van der Waals surface area contributed by atoms with E-state index in [1.54, 1.807) is 12.1 Å². The van der Waals surface area contributed by atoms with Crippen molar-refractivity contribution in [3.63, 3.8) is 0 Å². The summed E-state index contributed by atoms with van der Waals surface area (Å²) in [4.78, 5) is 12.6. The van der Waals surface area contributed by atoms with Crippen molar-refractivity contribution in [3.05, 3.63) is 65.3 Å². The maximum absolute atomic E-state index is 13.6. The average molecular weight is 329 g/mol. The quantitative estimate of drug-likeness (QED) is 0.687.